The minimum atomic E-state index is -0.672. The number of aliphatic carboxylic acids is 1. The van der Waals surface area contributed by atoms with Gasteiger partial charge in [0.05, 0.1) is 5.60 Å². The second kappa shape index (κ2) is 15.7. The maximum absolute atomic E-state index is 10.4. The van der Waals surface area contributed by atoms with Crippen LogP contribution in [-0.2, 0) is 4.79 Å². The third kappa shape index (κ3) is 17.5. The van der Waals surface area contributed by atoms with E-state index in [1.54, 1.807) is 0 Å². The molecule has 0 saturated heterocycles. The van der Waals surface area contributed by atoms with Crippen LogP contribution in [0.3, 0.4) is 0 Å². The summed E-state index contributed by atoms with van der Waals surface area (Å²) in [5.74, 6) is -0.672. The zero-order chi connectivity index (χ0) is 18.1. The van der Waals surface area contributed by atoms with Crippen LogP contribution in [0.1, 0.15) is 110 Å². The van der Waals surface area contributed by atoms with Gasteiger partial charge in [-0.1, -0.05) is 83.3 Å². The summed E-state index contributed by atoms with van der Waals surface area (Å²) in [6.07, 6.45) is 20.6. The second-order valence-corrected chi connectivity index (χ2v) is 7.33. The molecule has 0 spiro atoms. The third-order valence-corrected chi connectivity index (χ3v) is 4.52. The summed E-state index contributed by atoms with van der Waals surface area (Å²) >= 11 is 0. The fourth-order valence-corrected chi connectivity index (χ4v) is 2.91. The Bertz CT molecular complexity index is 321. The number of carboxylic acids is 1. The van der Waals surface area contributed by atoms with Crippen LogP contribution in [0.25, 0.3) is 0 Å². The van der Waals surface area contributed by atoms with Gasteiger partial charge in [0.1, 0.15) is 0 Å². The minimum absolute atomic E-state index is 0.322. The Balaban J connectivity index is 3.29. The number of carboxylic acid groups (broad SMARTS) is 1. The first-order chi connectivity index (χ1) is 11.5. The van der Waals surface area contributed by atoms with E-state index in [9.17, 15) is 9.90 Å². The van der Waals surface area contributed by atoms with Crippen molar-refractivity contribution in [1.29, 1.82) is 0 Å². The van der Waals surface area contributed by atoms with E-state index >= 15 is 0 Å². The number of aliphatic hydroxyl groups is 1. The normalized spacial score (nSPS) is 14.1. The van der Waals surface area contributed by atoms with E-state index in [0.717, 1.165) is 38.5 Å². The smallest absolute Gasteiger partial charge is 0.303 e. The van der Waals surface area contributed by atoms with Crippen molar-refractivity contribution < 1.29 is 15.0 Å². The molecule has 3 nitrogen and oxygen atoms in total. The summed E-state index contributed by atoms with van der Waals surface area (Å²) in [6, 6.07) is 0. The highest BCUT2D eigenvalue weighted by atomic mass is 16.4. The topological polar surface area (TPSA) is 57.5 Å². The molecular weight excluding hydrogens is 300 g/mol. The molecule has 0 aliphatic carbocycles. The van der Waals surface area contributed by atoms with Gasteiger partial charge in [0, 0.05) is 6.42 Å². The lowest BCUT2D eigenvalue weighted by Crippen LogP contribution is -2.20. The highest BCUT2D eigenvalue weighted by molar-refractivity contribution is 5.66. The Morgan fingerprint density at radius 1 is 0.875 bits per heavy atom. The van der Waals surface area contributed by atoms with Crippen LogP contribution < -0.4 is 0 Å². The molecule has 0 fully saturated rings. The summed E-state index contributed by atoms with van der Waals surface area (Å²) in [5.41, 5.74) is -0.625. The number of allylic oxidation sites excluding steroid dienone is 1. The molecule has 1 unspecified atom stereocenters. The monoisotopic (exact) mass is 340 g/mol. The van der Waals surface area contributed by atoms with Gasteiger partial charge in [-0.15, -0.1) is 0 Å². The molecule has 0 bridgehead atoms. The summed E-state index contributed by atoms with van der Waals surface area (Å²) in [5, 5.41) is 18.7. The standard InChI is InChI=1S/C21H40O3/c1-3-4-18-21(2,24)19-16-14-12-10-8-6-5-7-9-11-13-15-17-20(22)23/h16,19,24H,3-15,17-18H2,1-2H3,(H,22,23). The average Bonchev–Trinajstić information content (AvgIpc) is 2.53. The van der Waals surface area contributed by atoms with Crippen LogP contribution in [0.4, 0.5) is 0 Å². The first-order valence-electron chi connectivity index (χ1n) is 10.1. The van der Waals surface area contributed by atoms with Gasteiger partial charge in [0.2, 0.25) is 0 Å². The van der Waals surface area contributed by atoms with Crippen molar-refractivity contribution in [2.45, 2.75) is 116 Å². The van der Waals surface area contributed by atoms with E-state index in [2.05, 4.69) is 13.0 Å². The fourth-order valence-electron chi connectivity index (χ4n) is 2.91. The SMILES string of the molecule is CCCCC(C)(O)C=CCCCCCCCCCCCCC(=O)O. The van der Waals surface area contributed by atoms with Crippen molar-refractivity contribution in [2.75, 3.05) is 0 Å². The highest BCUT2D eigenvalue weighted by Gasteiger charge is 2.14. The number of hydrogen-bond donors (Lipinski definition) is 2. The Morgan fingerprint density at radius 3 is 1.88 bits per heavy atom. The van der Waals surface area contributed by atoms with Crippen LogP contribution in [0.5, 0.6) is 0 Å². The Kier molecular flexibility index (Phi) is 15.1. The van der Waals surface area contributed by atoms with Crippen LogP contribution in [-0.4, -0.2) is 21.8 Å². The minimum Gasteiger partial charge on any atom is -0.481 e. The van der Waals surface area contributed by atoms with E-state index in [1.807, 2.05) is 13.0 Å². The van der Waals surface area contributed by atoms with E-state index in [1.165, 1.54) is 51.4 Å². The summed E-state index contributed by atoms with van der Waals surface area (Å²) in [6.45, 7) is 4.06. The van der Waals surface area contributed by atoms with Crippen LogP contribution in [0, 0.1) is 0 Å². The first-order valence-corrected chi connectivity index (χ1v) is 10.1. The van der Waals surface area contributed by atoms with Gasteiger partial charge in [0.15, 0.2) is 0 Å². The molecule has 2 N–H and O–H groups in total. The number of unbranched alkanes of at least 4 members (excludes halogenated alkanes) is 11. The second-order valence-electron chi connectivity index (χ2n) is 7.33. The van der Waals surface area contributed by atoms with Crippen LogP contribution in [0.15, 0.2) is 12.2 Å². The zero-order valence-electron chi connectivity index (χ0n) is 16.1. The van der Waals surface area contributed by atoms with Crippen LogP contribution in [0.2, 0.25) is 0 Å². The molecule has 3 heteroatoms. The summed E-state index contributed by atoms with van der Waals surface area (Å²) in [7, 11) is 0. The number of rotatable bonds is 17. The number of carbonyl (C=O) groups is 1. The zero-order valence-corrected chi connectivity index (χ0v) is 16.1. The molecule has 0 aromatic heterocycles. The Morgan fingerprint density at radius 2 is 1.38 bits per heavy atom. The maximum Gasteiger partial charge on any atom is 0.303 e. The lowest BCUT2D eigenvalue weighted by atomic mass is 9.98. The van der Waals surface area contributed by atoms with Gasteiger partial charge in [-0.3, -0.25) is 4.79 Å². The van der Waals surface area contributed by atoms with Gasteiger partial charge in [-0.05, 0) is 32.6 Å². The van der Waals surface area contributed by atoms with Gasteiger partial charge in [0.25, 0.3) is 0 Å². The predicted molar refractivity (Wildman–Crippen MR) is 102 cm³/mol. The molecule has 0 aliphatic rings. The lowest BCUT2D eigenvalue weighted by Gasteiger charge is -2.18. The molecule has 0 aliphatic heterocycles. The first kappa shape index (κ1) is 23.2. The molecule has 0 radical (unpaired) electrons. The van der Waals surface area contributed by atoms with E-state index < -0.39 is 11.6 Å². The molecule has 0 rings (SSSR count). The molecular formula is C21H40O3. The van der Waals surface area contributed by atoms with Crippen molar-refractivity contribution >= 4 is 5.97 Å². The molecule has 0 aromatic rings. The molecule has 1 atom stereocenters. The molecule has 0 saturated carbocycles. The Labute approximate surface area is 149 Å². The van der Waals surface area contributed by atoms with Crippen molar-refractivity contribution in [3.05, 3.63) is 12.2 Å². The van der Waals surface area contributed by atoms with Crippen LogP contribution >= 0.6 is 0 Å². The largest absolute Gasteiger partial charge is 0.481 e. The van der Waals surface area contributed by atoms with Crippen molar-refractivity contribution in [1.82, 2.24) is 0 Å². The molecule has 142 valence electrons. The quantitative estimate of drug-likeness (QED) is 0.243. The van der Waals surface area contributed by atoms with Gasteiger partial charge >= 0.3 is 5.97 Å². The molecule has 0 amide bonds. The molecule has 0 aromatic carbocycles. The van der Waals surface area contributed by atoms with Crippen molar-refractivity contribution in [3.63, 3.8) is 0 Å². The maximum atomic E-state index is 10.4. The van der Waals surface area contributed by atoms with Crippen molar-refractivity contribution in [2.24, 2.45) is 0 Å². The van der Waals surface area contributed by atoms with Gasteiger partial charge in [-0.2, -0.15) is 0 Å². The van der Waals surface area contributed by atoms with E-state index in [0.29, 0.717) is 6.42 Å². The van der Waals surface area contributed by atoms with Gasteiger partial charge in [-0.25, -0.2) is 0 Å². The predicted octanol–water partition coefficient (Wildman–Crippen LogP) is 6.25. The van der Waals surface area contributed by atoms with Gasteiger partial charge < -0.3 is 10.2 Å². The van der Waals surface area contributed by atoms with E-state index in [-0.39, 0.29) is 0 Å². The summed E-state index contributed by atoms with van der Waals surface area (Å²) < 4.78 is 0. The summed E-state index contributed by atoms with van der Waals surface area (Å²) in [4.78, 5) is 10.4. The molecule has 0 heterocycles. The number of hydrogen-bond acceptors (Lipinski definition) is 2. The fraction of sp³-hybridized carbons (Fsp3) is 0.857. The third-order valence-electron chi connectivity index (χ3n) is 4.52. The Hall–Kier alpha value is -0.830. The average molecular weight is 341 g/mol. The lowest BCUT2D eigenvalue weighted by molar-refractivity contribution is -0.137. The highest BCUT2D eigenvalue weighted by Crippen LogP contribution is 2.16. The van der Waals surface area contributed by atoms with E-state index in [4.69, 9.17) is 5.11 Å². The van der Waals surface area contributed by atoms with Crippen molar-refractivity contribution in [3.8, 4) is 0 Å². The molecule has 24 heavy (non-hydrogen) atoms.